The molecular weight excluding hydrogens is 376 g/mol. The largest absolute Gasteiger partial charge is 0.335 e. The highest BCUT2D eigenvalue weighted by molar-refractivity contribution is 5.33. The molecule has 2 unspecified atom stereocenters. The van der Waals surface area contributed by atoms with E-state index in [9.17, 15) is 0 Å². The minimum atomic E-state index is -0.00998. The summed E-state index contributed by atoms with van der Waals surface area (Å²) in [6.07, 6.45) is 14.1. The lowest BCUT2D eigenvalue weighted by atomic mass is 9.66. The van der Waals surface area contributed by atoms with E-state index in [1.807, 2.05) is 6.20 Å². The van der Waals surface area contributed by atoms with Gasteiger partial charge in [-0.25, -0.2) is 4.98 Å². The third-order valence-corrected chi connectivity index (χ3v) is 6.76. The number of nitrogens with zero attached hydrogens (tertiary/aromatic N) is 2. The van der Waals surface area contributed by atoms with Crippen molar-refractivity contribution in [2.24, 2.45) is 0 Å². The minimum absolute atomic E-state index is 0.00998. The topological polar surface area (TPSA) is 17.8 Å². The van der Waals surface area contributed by atoms with Crippen molar-refractivity contribution in [2.45, 2.75) is 90.0 Å². The van der Waals surface area contributed by atoms with E-state index in [1.165, 1.54) is 49.1 Å². The Morgan fingerprint density at radius 2 is 1.52 bits per heavy atom. The molecule has 0 aliphatic heterocycles. The zero-order chi connectivity index (χ0) is 21.9. The van der Waals surface area contributed by atoms with Crippen LogP contribution in [0.2, 0.25) is 0 Å². The zero-order valence-corrected chi connectivity index (χ0v) is 19.8. The van der Waals surface area contributed by atoms with Crippen molar-refractivity contribution >= 4 is 0 Å². The fraction of sp³-hybridized carbons (Fsp3) is 0.483. The number of imidazole rings is 1. The number of benzene rings is 2. The molecule has 3 rings (SSSR count). The molecule has 0 spiro atoms. The van der Waals surface area contributed by atoms with Crippen molar-refractivity contribution in [1.29, 1.82) is 0 Å². The molecule has 166 valence electrons. The van der Waals surface area contributed by atoms with Gasteiger partial charge in [0.15, 0.2) is 0 Å². The maximum absolute atomic E-state index is 4.95. The van der Waals surface area contributed by atoms with Crippen LogP contribution in [0.25, 0.3) is 0 Å². The highest BCUT2D eigenvalue weighted by atomic mass is 15.1. The molecule has 31 heavy (non-hydrogen) atoms. The minimum Gasteiger partial charge on any atom is -0.335 e. The second-order valence-corrected chi connectivity index (χ2v) is 9.18. The highest BCUT2D eigenvalue weighted by Crippen LogP contribution is 2.44. The van der Waals surface area contributed by atoms with Crippen LogP contribution in [-0.4, -0.2) is 9.55 Å². The van der Waals surface area contributed by atoms with Crippen LogP contribution in [0.15, 0.2) is 73.1 Å². The average molecular weight is 417 g/mol. The van der Waals surface area contributed by atoms with Gasteiger partial charge in [-0.05, 0) is 30.4 Å². The molecular formula is C29H40N2. The monoisotopic (exact) mass is 416 g/mol. The molecule has 0 aliphatic rings. The molecule has 0 saturated heterocycles. The molecule has 0 saturated carbocycles. The predicted molar refractivity (Wildman–Crippen MR) is 133 cm³/mol. The predicted octanol–water partition coefficient (Wildman–Crippen LogP) is 7.94. The Balaban J connectivity index is 1.93. The van der Waals surface area contributed by atoms with Crippen molar-refractivity contribution in [2.75, 3.05) is 0 Å². The lowest BCUT2D eigenvalue weighted by Gasteiger charge is -2.39. The van der Waals surface area contributed by atoms with E-state index in [4.69, 9.17) is 4.98 Å². The van der Waals surface area contributed by atoms with Gasteiger partial charge in [0.1, 0.15) is 5.82 Å². The van der Waals surface area contributed by atoms with Crippen LogP contribution in [0.4, 0.5) is 0 Å². The van der Waals surface area contributed by atoms with Crippen molar-refractivity contribution < 1.29 is 0 Å². The third kappa shape index (κ3) is 6.09. The molecule has 2 nitrogen and oxygen atoms in total. The molecule has 0 bridgehead atoms. The number of unbranched alkanes of at least 4 members (excludes halogenated alkanes) is 4. The van der Waals surface area contributed by atoms with Gasteiger partial charge in [-0.2, -0.15) is 0 Å². The van der Waals surface area contributed by atoms with E-state index >= 15 is 0 Å². The summed E-state index contributed by atoms with van der Waals surface area (Å²) in [5.74, 6) is 1.64. The normalized spacial score (nSPS) is 14.3. The highest BCUT2D eigenvalue weighted by Gasteiger charge is 2.38. The van der Waals surface area contributed by atoms with Crippen molar-refractivity contribution in [3.63, 3.8) is 0 Å². The summed E-state index contributed by atoms with van der Waals surface area (Å²) in [5, 5.41) is 0. The molecule has 2 aromatic carbocycles. The van der Waals surface area contributed by atoms with Crippen molar-refractivity contribution in [1.82, 2.24) is 9.55 Å². The standard InChI is InChI=1S/C29H40N2/c1-4-6-7-8-15-22-31-23-21-30-28(31)27(16-5-2)29(3,26-19-13-10-14-20-26)24-25-17-11-9-12-18-25/h9-14,17-21,23,27H,4-8,15-16,22,24H2,1-3H3. The first-order valence-electron chi connectivity index (χ1n) is 12.3. The van der Waals surface area contributed by atoms with Crippen LogP contribution < -0.4 is 0 Å². The first-order chi connectivity index (χ1) is 15.2. The number of hydrogen-bond donors (Lipinski definition) is 0. The van der Waals surface area contributed by atoms with E-state index in [0.29, 0.717) is 5.92 Å². The second kappa shape index (κ2) is 11.9. The van der Waals surface area contributed by atoms with E-state index in [-0.39, 0.29) is 5.41 Å². The lowest BCUT2D eigenvalue weighted by molar-refractivity contribution is 0.328. The van der Waals surface area contributed by atoms with Crippen LogP contribution in [0, 0.1) is 0 Å². The number of aromatic nitrogens is 2. The van der Waals surface area contributed by atoms with Crippen LogP contribution in [-0.2, 0) is 18.4 Å². The molecule has 0 fully saturated rings. The van der Waals surface area contributed by atoms with Crippen LogP contribution in [0.5, 0.6) is 0 Å². The molecule has 1 heterocycles. The molecule has 1 aromatic heterocycles. The summed E-state index contributed by atoms with van der Waals surface area (Å²) in [5.41, 5.74) is 2.80. The first kappa shape index (κ1) is 23.3. The van der Waals surface area contributed by atoms with Gasteiger partial charge in [-0.15, -0.1) is 0 Å². The molecule has 2 heteroatoms. The van der Waals surface area contributed by atoms with Crippen LogP contribution in [0.3, 0.4) is 0 Å². The van der Waals surface area contributed by atoms with Gasteiger partial charge in [0.25, 0.3) is 0 Å². The maximum atomic E-state index is 4.95. The number of rotatable bonds is 13. The fourth-order valence-electron chi connectivity index (χ4n) is 4.99. The van der Waals surface area contributed by atoms with E-state index in [1.54, 1.807) is 0 Å². The van der Waals surface area contributed by atoms with Gasteiger partial charge >= 0.3 is 0 Å². The van der Waals surface area contributed by atoms with Gasteiger partial charge < -0.3 is 4.57 Å². The summed E-state index contributed by atoms with van der Waals surface area (Å²) in [6.45, 7) is 8.12. The molecule has 0 amide bonds. The van der Waals surface area contributed by atoms with E-state index in [2.05, 4.69) is 92.2 Å². The van der Waals surface area contributed by atoms with E-state index < -0.39 is 0 Å². The molecule has 0 N–H and O–H groups in total. The van der Waals surface area contributed by atoms with Gasteiger partial charge in [0.05, 0.1) is 0 Å². The van der Waals surface area contributed by atoms with Crippen molar-refractivity contribution in [3.05, 3.63) is 90.0 Å². The molecule has 3 aromatic rings. The molecule has 0 radical (unpaired) electrons. The Kier molecular flexibility index (Phi) is 8.94. The Bertz CT molecular complexity index is 868. The number of aryl methyl sites for hydroxylation is 1. The summed E-state index contributed by atoms with van der Waals surface area (Å²) in [7, 11) is 0. The number of hydrogen-bond acceptors (Lipinski definition) is 1. The lowest BCUT2D eigenvalue weighted by Crippen LogP contribution is -2.35. The molecule has 2 atom stereocenters. The Morgan fingerprint density at radius 1 is 0.839 bits per heavy atom. The summed E-state index contributed by atoms with van der Waals surface area (Å²) in [4.78, 5) is 4.95. The summed E-state index contributed by atoms with van der Waals surface area (Å²) >= 11 is 0. The quantitative estimate of drug-likeness (QED) is 0.259. The van der Waals surface area contributed by atoms with Gasteiger partial charge in [0.2, 0.25) is 0 Å². The molecule has 0 aliphatic carbocycles. The first-order valence-corrected chi connectivity index (χ1v) is 12.3. The average Bonchev–Trinajstić information content (AvgIpc) is 3.26. The summed E-state index contributed by atoms with van der Waals surface area (Å²) in [6, 6.07) is 22.1. The Labute approximate surface area is 189 Å². The zero-order valence-electron chi connectivity index (χ0n) is 19.8. The summed E-state index contributed by atoms with van der Waals surface area (Å²) < 4.78 is 2.44. The second-order valence-electron chi connectivity index (χ2n) is 9.18. The Hall–Kier alpha value is -2.35. The van der Waals surface area contributed by atoms with Gasteiger partial charge in [0, 0.05) is 30.3 Å². The van der Waals surface area contributed by atoms with Gasteiger partial charge in [-0.1, -0.05) is 114 Å². The van der Waals surface area contributed by atoms with Crippen LogP contribution >= 0.6 is 0 Å². The maximum Gasteiger partial charge on any atom is 0.112 e. The van der Waals surface area contributed by atoms with Gasteiger partial charge in [-0.3, -0.25) is 0 Å². The SMILES string of the molecule is CCCCCCCn1ccnc1C(CCC)C(C)(Cc1ccccc1)c1ccccc1. The Morgan fingerprint density at radius 3 is 2.19 bits per heavy atom. The smallest absolute Gasteiger partial charge is 0.112 e. The fourth-order valence-corrected chi connectivity index (χ4v) is 4.99. The third-order valence-electron chi connectivity index (χ3n) is 6.76. The van der Waals surface area contributed by atoms with Crippen LogP contribution in [0.1, 0.15) is 88.6 Å². The van der Waals surface area contributed by atoms with E-state index in [0.717, 1.165) is 25.8 Å². The van der Waals surface area contributed by atoms with Crippen molar-refractivity contribution in [3.8, 4) is 0 Å².